The fraction of sp³-hybridized carbons (Fsp3) is 0.167. The topological polar surface area (TPSA) is 80.0 Å². The van der Waals surface area contributed by atoms with E-state index in [0.29, 0.717) is 22.4 Å². The van der Waals surface area contributed by atoms with Gasteiger partial charge in [0.2, 0.25) is 0 Å². The average molecular weight is 297 g/mol. The van der Waals surface area contributed by atoms with Crippen molar-refractivity contribution in [3.63, 3.8) is 0 Å². The molecule has 0 aliphatic heterocycles. The lowest BCUT2D eigenvalue weighted by Gasteiger charge is -2.05. The van der Waals surface area contributed by atoms with Crippen LogP contribution in [0.1, 0.15) is 4.88 Å². The first kappa shape index (κ1) is 13.8. The van der Waals surface area contributed by atoms with Crippen molar-refractivity contribution < 1.29 is 4.79 Å². The Hall–Kier alpha value is -1.63. The normalized spacial score (nSPS) is 10.2. The molecule has 0 radical (unpaired) electrons. The van der Waals surface area contributed by atoms with Gasteiger partial charge in [0.05, 0.1) is 0 Å². The molecule has 7 heteroatoms. The van der Waals surface area contributed by atoms with Gasteiger partial charge in [0.1, 0.15) is 0 Å². The molecule has 0 atom stereocenters. The van der Waals surface area contributed by atoms with E-state index in [1.54, 1.807) is 30.5 Å². The van der Waals surface area contributed by atoms with Crippen molar-refractivity contribution in [2.24, 2.45) is 5.73 Å². The quantitative estimate of drug-likeness (QED) is 0.811. The van der Waals surface area contributed by atoms with Gasteiger partial charge >= 0.3 is 6.03 Å². The van der Waals surface area contributed by atoms with E-state index < -0.39 is 0 Å². The van der Waals surface area contributed by atoms with Crippen molar-refractivity contribution in [2.45, 2.75) is 6.42 Å². The maximum absolute atomic E-state index is 11.7. The Morgan fingerprint density at radius 1 is 1.42 bits per heavy atom. The second kappa shape index (κ2) is 6.51. The van der Waals surface area contributed by atoms with E-state index in [4.69, 9.17) is 17.3 Å². The van der Waals surface area contributed by atoms with Crippen molar-refractivity contribution in [3.8, 4) is 0 Å². The lowest BCUT2D eigenvalue weighted by atomic mass is 10.3. The van der Waals surface area contributed by atoms with Crippen LogP contribution in [-0.2, 0) is 6.42 Å². The maximum Gasteiger partial charge on any atom is 0.325 e. The molecule has 0 spiro atoms. The Morgan fingerprint density at radius 2 is 2.26 bits per heavy atom. The van der Waals surface area contributed by atoms with Crippen LogP contribution in [0.15, 0.2) is 30.5 Å². The van der Waals surface area contributed by atoms with E-state index in [1.165, 1.54) is 11.3 Å². The number of nitrogens with two attached hydrogens (primary N) is 1. The minimum Gasteiger partial charge on any atom is -0.330 e. The number of urea groups is 1. The largest absolute Gasteiger partial charge is 0.330 e. The summed E-state index contributed by atoms with van der Waals surface area (Å²) in [6.07, 6.45) is 2.47. The number of halogens is 1. The summed E-state index contributed by atoms with van der Waals surface area (Å²) in [5, 5.41) is 6.45. The van der Waals surface area contributed by atoms with Crippen molar-refractivity contribution in [1.29, 1.82) is 0 Å². The molecular weight excluding hydrogens is 284 g/mol. The summed E-state index contributed by atoms with van der Waals surface area (Å²) >= 11 is 7.24. The number of hydrogen-bond donors (Lipinski definition) is 3. The first-order valence-electron chi connectivity index (χ1n) is 5.66. The lowest BCUT2D eigenvalue weighted by Crippen LogP contribution is -2.19. The molecule has 2 aromatic rings. The highest BCUT2D eigenvalue weighted by Gasteiger charge is 2.06. The molecule has 1 aromatic carbocycles. The van der Waals surface area contributed by atoms with Gasteiger partial charge in [0, 0.05) is 21.8 Å². The molecule has 2 amide bonds. The van der Waals surface area contributed by atoms with Crippen molar-refractivity contribution in [1.82, 2.24) is 4.98 Å². The highest BCUT2D eigenvalue weighted by molar-refractivity contribution is 7.15. The number of anilines is 2. The zero-order valence-corrected chi connectivity index (χ0v) is 11.6. The molecule has 0 unspecified atom stereocenters. The van der Waals surface area contributed by atoms with Crippen LogP contribution in [-0.4, -0.2) is 17.6 Å². The minimum atomic E-state index is -0.351. The molecule has 0 aliphatic carbocycles. The van der Waals surface area contributed by atoms with Crippen LogP contribution in [0.3, 0.4) is 0 Å². The molecule has 0 saturated carbocycles. The minimum absolute atomic E-state index is 0.351. The third kappa shape index (κ3) is 4.20. The number of nitrogens with zero attached hydrogens (tertiary/aromatic N) is 1. The third-order valence-corrected chi connectivity index (χ3v) is 3.45. The van der Waals surface area contributed by atoms with Crippen LogP contribution in [0.2, 0.25) is 5.02 Å². The van der Waals surface area contributed by atoms with Crippen molar-refractivity contribution >= 4 is 39.8 Å². The van der Waals surface area contributed by atoms with Gasteiger partial charge in [0.15, 0.2) is 5.13 Å². The van der Waals surface area contributed by atoms with Gasteiger partial charge in [-0.25, -0.2) is 9.78 Å². The summed E-state index contributed by atoms with van der Waals surface area (Å²) in [6, 6.07) is 6.58. The van der Waals surface area contributed by atoms with E-state index in [-0.39, 0.29) is 6.03 Å². The summed E-state index contributed by atoms with van der Waals surface area (Å²) in [6.45, 7) is 0.566. The molecule has 0 bridgehead atoms. The first-order chi connectivity index (χ1) is 9.17. The Kier molecular flexibility index (Phi) is 4.73. The zero-order chi connectivity index (χ0) is 13.7. The number of rotatable bonds is 4. The lowest BCUT2D eigenvalue weighted by molar-refractivity contribution is 0.262. The van der Waals surface area contributed by atoms with Crippen LogP contribution in [0.5, 0.6) is 0 Å². The van der Waals surface area contributed by atoms with Crippen LogP contribution >= 0.6 is 22.9 Å². The summed E-state index contributed by atoms with van der Waals surface area (Å²) < 4.78 is 0. The predicted molar refractivity (Wildman–Crippen MR) is 79.0 cm³/mol. The second-order valence-corrected chi connectivity index (χ2v) is 5.31. The van der Waals surface area contributed by atoms with Gasteiger partial charge in [-0.1, -0.05) is 17.7 Å². The van der Waals surface area contributed by atoms with E-state index in [1.807, 2.05) is 0 Å². The highest BCUT2D eigenvalue weighted by Crippen LogP contribution is 2.19. The van der Waals surface area contributed by atoms with Gasteiger partial charge in [-0.2, -0.15) is 0 Å². The number of aromatic nitrogens is 1. The van der Waals surface area contributed by atoms with Crippen molar-refractivity contribution in [2.75, 3.05) is 17.2 Å². The number of benzene rings is 1. The van der Waals surface area contributed by atoms with Crippen molar-refractivity contribution in [3.05, 3.63) is 40.4 Å². The molecule has 4 N–H and O–H groups in total. The number of carbonyl (C=O) groups excluding carboxylic acids is 1. The molecule has 2 rings (SSSR count). The number of hydrogen-bond acceptors (Lipinski definition) is 4. The van der Waals surface area contributed by atoms with E-state index in [9.17, 15) is 4.79 Å². The SMILES string of the molecule is NCCc1cnc(NC(=O)Nc2cccc(Cl)c2)s1. The molecule has 5 nitrogen and oxygen atoms in total. The second-order valence-electron chi connectivity index (χ2n) is 3.76. The molecule has 1 heterocycles. The van der Waals surface area contributed by atoms with Crippen LogP contribution in [0.25, 0.3) is 0 Å². The number of nitrogens with one attached hydrogen (secondary N) is 2. The van der Waals surface area contributed by atoms with E-state index in [0.717, 1.165) is 11.3 Å². The van der Waals surface area contributed by atoms with Gasteiger partial charge < -0.3 is 11.1 Å². The number of carbonyl (C=O) groups is 1. The Bertz CT molecular complexity index is 572. The maximum atomic E-state index is 11.7. The fourth-order valence-corrected chi connectivity index (χ4v) is 2.46. The first-order valence-corrected chi connectivity index (χ1v) is 6.85. The predicted octanol–water partition coefficient (Wildman–Crippen LogP) is 2.94. The molecule has 0 saturated heterocycles. The zero-order valence-electron chi connectivity index (χ0n) is 10.0. The standard InChI is InChI=1S/C12H13ClN4OS/c13-8-2-1-3-9(6-8)16-11(18)17-12-15-7-10(19-12)4-5-14/h1-3,6-7H,4-5,14H2,(H2,15,16,17,18). The molecule has 1 aromatic heterocycles. The van der Waals surface area contributed by atoms with Gasteiger partial charge in [-0.05, 0) is 31.2 Å². The molecule has 19 heavy (non-hydrogen) atoms. The van der Waals surface area contributed by atoms with Crippen LogP contribution in [0, 0.1) is 0 Å². The fourth-order valence-electron chi connectivity index (χ4n) is 1.45. The highest BCUT2D eigenvalue weighted by atomic mass is 35.5. The van der Waals surface area contributed by atoms with Gasteiger partial charge in [-0.3, -0.25) is 5.32 Å². The molecule has 100 valence electrons. The summed E-state index contributed by atoms with van der Waals surface area (Å²) in [5.74, 6) is 0. The van der Waals surface area contributed by atoms with Gasteiger partial charge in [-0.15, -0.1) is 11.3 Å². The number of amides is 2. The van der Waals surface area contributed by atoms with Crippen LogP contribution < -0.4 is 16.4 Å². The monoisotopic (exact) mass is 296 g/mol. The average Bonchev–Trinajstić information content (AvgIpc) is 2.77. The van der Waals surface area contributed by atoms with E-state index in [2.05, 4.69) is 15.6 Å². The Morgan fingerprint density at radius 3 is 3.00 bits per heavy atom. The summed E-state index contributed by atoms with van der Waals surface area (Å²) in [4.78, 5) is 16.9. The molecule has 0 aliphatic rings. The summed E-state index contributed by atoms with van der Waals surface area (Å²) in [5.41, 5.74) is 6.08. The van der Waals surface area contributed by atoms with Crippen LogP contribution in [0.4, 0.5) is 15.6 Å². The number of thiazole rings is 1. The Labute approximate surface area is 119 Å². The third-order valence-electron chi connectivity index (χ3n) is 2.25. The molecular formula is C12H13ClN4OS. The van der Waals surface area contributed by atoms with Gasteiger partial charge in [0.25, 0.3) is 0 Å². The Balaban J connectivity index is 1.93. The van der Waals surface area contributed by atoms with E-state index >= 15 is 0 Å². The summed E-state index contributed by atoms with van der Waals surface area (Å²) in [7, 11) is 0. The molecule has 0 fully saturated rings. The smallest absolute Gasteiger partial charge is 0.325 e.